The van der Waals surface area contributed by atoms with Crippen LogP contribution in [0.4, 0.5) is 0 Å². The number of hydrogen-bond acceptors (Lipinski definition) is 3. The molecule has 0 spiro atoms. The Kier molecular flexibility index (Phi) is 20.7. The second-order valence-corrected chi connectivity index (χ2v) is 7.28. The van der Waals surface area contributed by atoms with Crippen LogP contribution < -0.4 is 5.32 Å². The molecule has 23 heavy (non-hydrogen) atoms. The lowest BCUT2D eigenvalue weighted by molar-refractivity contribution is 0.478. The summed E-state index contributed by atoms with van der Waals surface area (Å²) in [5, 5.41) is 3.05. The molecule has 0 aromatic rings. The maximum atomic E-state index is 10.4. The quantitative estimate of drug-likeness (QED) is 0.255. The van der Waals surface area contributed by atoms with Gasteiger partial charge in [-0.05, 0) is 6.42 Å². The fourth-order valence-electron chi connectivity index (χ4n) is 2.06. The van der Waals surface area contributed by atoms with E-state index in [0.717, 1.165) is 25.9 Å². The topological polar surface area (TPSA) is 66.4 Å². The summed E-state index contributed by atoms with van der Waals surface area (Å²) in [5.41, 5.74) is 0. The summed E-state index contributed by atoms with van der Waals surface area (Å²) in [4.78, 5) is 0. The van der Waals surface area contributed by atoms with Crippen molar-refractivity contribution < 1.29 is 13.0 Å². The van der Waals surface area contributed by atoms with Crippen molar-refractivity contribution in [2.75, 3.05) is 18.8 Å². The Morgan fingerprint density at radius 2 is 1.22 bits per heavy atom. The number of rotatable bonds is 15. The Balaban J connectivity index is 0. The van der Waals surface area contributed by atoms with Crippen LogP contribution in [-0.2, 0) is 10.1 Å². The Bertz CT molecular complexity index is 345. The van der Waals surface area contributed by atoms with Crippen LogP contribution in [-0.4, -0.2) is 31.8 Å². The third-order valence-electron chi connectivity index (χ3n) is 3.33. The van der Waals surface area contributed by atoms with Gasteiger partial charge in [0.2, 0.25) is 0 Å². The fraction of sp³-hybridized carbons (Fsp3) is 0.778. The molecular weight excluding hydrogens is 310 g/mol. The first kappa shape index (κ1) is 24.6. The van der Waals surface area contributed by atoms with Gasteiger partial charge in [-0.2, -0.15) is 8.42 Å². The standard InChI is InChI=1S/C12H26O3S.C6H11N/c1-2-3-4-5-6-7-8-9-10-11-12-16(13,14)15;1-3-5-7-6-4-2/h2-12H2,1H3,(H,13,14,15);3-4,7H,1-2,5-6H2. The van der Waals surface area contributed by atoms with Crippen molar-refractivity contribution in [3.8, 4) is 0 Å². The molecule has 0 aromatic carbocycles. The molecule has 2 N–H and O–H groups in total. The van der Waals surface area contributed by atoms with Crippen molar-refractivity contribution in [2.45, 2.75) is 71.1 Å². The lowest BCUT2D eigenvalue weighted by Crippen LogP contribution is -2.11. The van der Waals surface area contributed by atoms with Crippen molar-refractivity contribution in [3.05, 3.63) is 25.3 Å². The summed E-state index contributed by atoms with van der Waals surface area (Å²) in [6, 6.07) is 0. The van der Waals surface area contributed by atoms with Crippen LogP contribution >= 0.6 is 0 Å². The molecule has 0 fully saturated rings. The molecule has 0 atom stereocenters. The normalized spacial score (nSPS) is 10.7. The highest BCUT2D eigenvalue weighted by molar-refractivity contribution is 7.85. The average molecular weight is 348 g/mol. The minimum absolute atomic E-state index is 0.0799. The van der Waals surface area contributed by atoms with E-state index in [0.29, 0.717) is 6.42 Å². The van der Waals surface area contributed by atoms with E-state index in [9.17, 15) is 8.42 Å². The van der Waals surface area contributed by atoms with Crippen LogP contribution in [0.3, 0.4) is 0 Å². The van der Waals surface area contributed by atoms with Gasteiger partial charge < -0.3 is 5.32 Å². The second-order valence-electron chi connectivity index (χ2n) is 5.70. The molecule has 0 unspecified atom stereocenters. The van der Waals surface area contributed by atoms with Crippen molar-refractivity contribution >= 4 is 10.1 Å². The van der Waals surface area contributed by atoms with Gasteiger partial charge in [0, 0.05) is 13.1 Å². The second kappa shape index (κ2) is 19.4. The molecule has 0 bridgehead atoms. The molecule has 0 aromatic heterocycles. The highest BCUT2D eigenvalue weighted by Crippen LogP contribution is 2.10. The highest BCUT2D eigenvalue weighted by Gasteiger charge is 2.02. The van der Waals surface area contributed by atoms with Gasteiger partial charge in [0.05, 0.1) is 5.75 Å². The van der Waals surface area contributed by atoms with Crippen molar-refractivity contribution in [3.63, 3.8) is 0 Å². The molecule has 4 nitrogen and oxygen atoms in total. The maximum absolute atomic E-state index is 10.4. The van der Waals surface area contributed by atoms with Crippen LogP contribution in [0.25, 0.3) is 0 Å². The molecule has 0 radical (unpaired) electrons. The van der Waals surface area contributed by atoms with Gasteiger partial charge in [-0.1, -0.05) is 76.9 Å². The van der Waals surface area contributed by atoms with E-state index in [1.807, 2.05) is 12.2 Å². The van der Waals surface area contributed by atoms with Gasteiger partial charge in [-0.25, -0.2) is 0 Å². The smallest absolute Gasteiger partial charge is 0.264 e. The minimum Gasteiger partial charge on any atom is -0.310 e. The number of hydrogen-bond donors (Lipinski definition) is 2. The predicted octanol–water partition coefficient (Wildman–Crippen LogP) is 4.74. The molecule has 0 heterocycles. The molecule has 0 saturated carbocycles. The summed E-state index contributed by atoms with van der Waals surface area (Å²) in [6.45, 7) is 11.0. The zero-order valence-electron chi connectivity index (χ0n) is 14.9. The highest BCUT2D eigenvalue weighted by atomic mass is 32.2. The van der Waals surface area contributed by atoms with Crippen LogP contribution in [0.5, 0.6) is 0 Å². The molecule has 0 aliphatic heterocycles. The monoisotopic (exact) mass is 347 g/mol. The number of nitrogens with one attached hydrogen (secondary N) is 1. The Hall–Kier alpha value is -0.650. The average Bonchev–Trinajstić information content (AvgIpc) is 2.49. The SMILES string of the molecule is C=CCNCC=C.CCCCCCCCCCCCS(=O)(=O)O. The van der Waals surface area contributed by atoms with Crippen molar-refractivity contribution in [1.82, 2.24) is 5.32 Å². The predicted molar refractivity (Wildman–Crippen MR) is 102 cm³/mol. The Labute approximate surface area is 144 Å². The summed E-state index contributed by atoms with van der Waals surface area (Å²) in [5.74, 6) is -0.0799. The Morgan fingerprint density at radius 1 is 0.826 bits per heavy atom. The van der Waals surface area contributed by atoms with Gasteiger partial charge in [-0.15, -0.1) is 13.2 Å². The zero-order chi connectivity index (χ0) is 17.8. The lowest BCUT2D eigenvalue weighted by atomic mass is 10.1. The molecule has 5 heteroatoms. The van der Waals surface area contributed by atoms with Crippen LogP contribution in [0.15, 0.2) is 25.3 Å². The van der Waals surface area contributed by atoms with Crippen LogP contribution in [0.2, 0.25) is 0 Å². The first-order valence-electron chi connectivity index (χ1n) is 8.85. The molecule has 138 valence electrons. The van der Waals surface area contributed by atoms with E-state index in [1.54, 1.807) is 0 Å². The van der Waals surface area contributed by atoms with Gasteiger partial charge in [0.1, 0.15) is 0 Å². The zero-order valence-corrected chi connectivity index (χ0v) is 15.7. The number of unbranched alkanes of at least 4 members (excludes halogenated alkanes) is 9. The molecule has 0 aliphatic carbocycles. The van der Waals surface area contributed by atoms with E-state index < -0.39 is 10.1 Å². The molecule has 0 amide bonds. The molecular formula is C18H37NO3S. The van der Waals surface area contributed by atoms with Gasteiger partial charge in [0.15, 0.2) is 0 Å². The Morgan fingerprint density at radius 3 is 1.57 bits per heavy atom. The van der Waals surface area contributed by atoms with E-state index >= 15 is 0 Å². The summed E-state index contributed by atoms with van der Waals surface area (Å²) in [7, 11) is -3.73. The van der Waals surface area contributed by atoms with E-state index in [2.05, 4.69) is 25.4 Å². The van der Waals surface area contributed by atoms with E-state index in [1.165, 1.54) is 44.9 Å². The summed E-state index contributed by atoms with van der Waals surface area (Å²) >= 11 is 0. The third kappa shape index (κ3) is 29.9. The lowest BCUT2D eigenvalue weighted by Gasteiger charge is -2.01. The summed E-state index contributed by atoms with van der Waals surface area (Å²) < 4.78 is 29.4. The van der Waals surface area contributed by atoms with Gasteiger partial charge in [0.25, 0.3) is 10.1 Å². The van der Waals surface area contributed by atoms with E-state index in [4.69, 9.17) is 4.55 Å². The molecule has 0 aliphatic rings. The van der Waals surface area contributed by atoms with Gasteiger partial charge in [-0.3, -0.25) is 4.55 Å². The van der Waals surface area contributed by atoms with Crippen LogP contribution in [0, 0.1) is 0 Å². The van der Waals surface area contributed by atoms with E-state index in [-0.39, 0.29) is 5.75 Å². The molecule has 0 rings (SSSR count). The first-order valence-corrected chi connectivity index (χ1v) is 10.5. The first-order chi connectivity index (χ1) is 11.0. The third-order valence-corrected chi connectivity index (χ3v) is 4.14. The fourth-order valence-corrected chi connectivity index (χ4v) is 2.63. The van der Waals surface area contributed by atoms with Crippen molar-refractivity contribution in [2.24, 2.45) is 0 Å². The molecule has 0 saturated heterocycles. The largest absolute Gasteiger partial charge is 0.310 e. The summed E-state index contributed by atoms with van der Waals surface area (Å²) in [6.07, 6.45) is 15.3. The van der Waals surface area contributed by atoms with Crippen LogP contribution in [0.1, 0.15) is 71.1 Å². The van der Waals surface area contributed by atoms with Gasteiger partial charge >= 0.3 is 0 Å². The minimum atomic E-state index is -3.73. The van der Waals surface area contributed by atoms with Crippen molar-refractivity contribution in [1.29, 1.82) is 0 Å². The maximum Gasteiger partial charge on any atom is 0.264 e.